The first-order valence-corrected chi connectivity index (χ1v) is 7.64. The van der Waals surface area contributed by atoms with Crippen LogP contribution in [0.15, 0.2) is 42.5 Å². The molecule has 0 saturated carbocycles. The number of fused-ring (bicyclic) bond motifs is 1. The Hall–Kier alpha value is -2.62. The summed E-state index contributed by atoms with van der Waals surface area (Å²) in [6, 6.07) is 12.5. The molecule has 0 bridgehead atoms. The van der Waals surface area contributed by atoms with Gasteiger partial charge in [0.2, 0.25) is 0 Å². The molecule has 4 nitrogen and oxygen atoms in total. The molecule has 0 amide bonds. The second-order valence-electron chi connectivity index (χ2n) is 5.54. The summed E-state index contributed by atoms with van der Waals surface area (Å²) < 4.78 is 10.3. The van der Waals surface area contributed by atoms with Crippen LogP contribution >= 0.6 is 0 Å². The molecule has 1 aliphatic rings. The molecule has 0 saturated heterocycles. The van der Waals surface area contributed by atoms with Crippen molar-refractivity contribution in [1.82, 2.24) is 0 Å². The van der Waals surface area contributed by atoms with E-state index in [1.807, 2.05) is 18.2 Å². The lowest BCUT2D eigenvalue weighted by Crippen LogP contribution is -2.15. The first-order valence-electron chi connectivity index (χ1n) is 7.64. The molecule has 0 aliphatic heterocycles. The summed E-state index contributed by atoms with van der Waals surface area (Å²) in [5.74, 6) is -0.317. The van der Waals surface area contributed by atoms with E-state index in [-0.39, 0.29) is 12.4 Å². The van der Waals surface area contributed by atoms with Gasteiger partial charge in [0.15, 0.2) is 12.4 Å². The Morgan fingerprint density at radius 1 is 1.04 bits per heavy atom. The fraction of sp³-hybridized carbons (Fsp3) is 0.263. The van der Waals surface area contributed by atoms with Crippen molar-refractivity contribution in [2.45, 2.75) is 19.3 Å². The van der Waals surface area contributed by atoms with E-state index in [4.69, 9.17) is 9.47 Å². The van der Waals surface area contributed by atoms with Gasteiger partial charge in [-0.1, -0.05) is 24.3 Å². The molecule has 118 valence electrons. The molecule has 3 rings (SSSR count). The van der Waals surface area contributed by atoms with E-state index in [2.05, 4.69) is 0 Å². The summed E-state index contributed by atoms with van der Waals surface area (Å²) >= 11 is 0. The number of hydrogen-bond donors (Lipinski definition) is 0. The number of Topliss-reactive ketones (excluding diaryl/α,β-unsaturated/α-hetero) is 1. The van der Waals surface area contributed by atoms with Gasteiger partial charge in [-0.3, -0.25) is 4.79 Å². The van der Waals surface area contributed by atoms with Crippen LogP contribution in [0, 0.1) is 0 Å². The molecule has 2 aromatic carbocycles. The van der Waals surface area contributed by atoms with Crippen molar-refractivity contribution in [2.24, 2.45) is 0 Å². The highest BCUT2D eigenvalue weighted by Crippen LogP contribution is 2.23. The monoisotopic (exact) mass is 310 g/mol. The van der Waals surface area contributed by atoms with Crippen LogP contribution in [0.4, 0.5) is 0 Å². The Morgan fingerprint density at radius 3 is 2.65 bits per heavy atom. The van der Waals surface area contributed by atoms with Crippen LogP contribution in [0.1, 0.15) is 38.3 Å². The van der Waals surface area contributed by atoms with Crippen molar-refractivity contribution < 1.29 is 19.1 Å². The van der Waals surface area contributed by atoms with E-state index in [0.29, 0.717) is 16.9 Å². The van der Waals surface area contributed by atoms with Crippen molar-refractivity contribution >= 4 is 11.8 Å². The lowest BCUT2D eigenvalue weighted by molar-refractivity contribution is 0.0471. The van der Waals surface area contributed by atoms with Crippen LogP contribution in [0.3, 0.4) is 0 Å². The number of ketones is 1. The molecule has 0 aromatic heterocycles. The summed E-state index contributed by atoms with van der Waals surface area (Å²) in [4.78, 5) is 24.3. The molecule has 1 aliphatic carbocycles. The van der Waals surface area contributed by atoms with Gasteiger partial charge in [0.1, 0.15) is 11.3 Å². The lowest BCUT2D eigenvalue weighted by atomic mass is 10.0. The third-order valence-corrected chi connectivity index (χ3v) is 4.08. The predicted octanol–water partition coefficient (Wildman–Crippen LogP) is 3.22. The number of methoxy groups -OCH3 is 1. The predicted molar refractivity (Wildman–Crippen MR) is 86.1 cm³/mol. The number of benzene rings is 2. The normalized spacial score (nSPS) is 12.6. The summed E-state index contributed by atoms with van der Waals surface area (Å²) in [6.45, 7) is -0.268. The molecular weight excluding hydrogens is 292 g/mol. The zero-order valence-electron chi connectivity index (χ0n) is 13.0. The topological polar surface area (TPSA) is 52.6 Å². The highest BCUT2D eigenvalue weighted by atomic mass is 16.5. The second-order valence-corrected chi connectivity index (χ2v) is 5.54. The third-order valence-electron chi connectivity index (χ3n) is 4.08. The highest BCUT2D eigenvalue weighted by Gasteiger charge is 2.17. The number of rotatable bonds is 5. The summed E-state index contributed by atoms with van der Waals surface area (Å²) in [5.41, 5.74) is 3.45. The van der Waals surface area contributed by atoms with Crippen molar-refractivity contribution in [2.75, 3.05) is 13.7 Å². The first kappa shape index (κ1) is 15.3. The number of esters is 1. The molecule has 0 fully saturated rings. The fourth-order valence-electron chi connectivity index (χ4n) is 2.85. The van der Waals surface area contributed by atoms with E-state index in [1.165, 1.54) is 18.2 Å². The number of carbonyl (C=O) groups is 2. The van der Waals surface area contributed by atoms with Crippen molar-refractivity contribution in [3.05, 3.63) is 64.7 Å². The Morgan fingerprint density at radius 2 is 1.83 bits per heavy atom. The van der Waals surface area contributed by atoms with Gasteiger partial charge in [-0.05, 0) is 48.6 Å². The van der Waals surface area contributed by atoms with Gasteiger partial charge in [0.05, 0.1) is 7.11 Å². The minimum atomic E-state index is -0.558. The summed E-state index contributed by atoms with van der Waals surface area (Å²) in [7, 11) is 1.49. The van der Waals surface area contributed by atoms with Gasteiger partial charge in [-0.2, -0.15) is 0 Å². The SMILES string of the molecule is COc1ccccc1C(=O)OCC(=O)c1ccc2c(c1)CCC2. The Balaban J connectivity index is 1.66. The van der Waals surface area contributed by atoms with Crippen LogP contribution in [0.5, 0.6) is 5.75 Å². The van der Waals surface area contributed by atoms with E-state index in [0.717, 1.165) is 19.3 Å². The van der Waals surface area contributed by atoms with Gasteiger partial charge < -0.3 is 9.47 Å². The Labute approximate surface area is 135 Å². The molecule has 0 spiro atoms. The number of ether oxygens (including phenoxy) is 2. The molecule has 4 heteroatoms. The summed E-state index contributed by atoms with van der Waals surface area (Å²) in [6.07, 6.45) is 3.22. The number of aryl methyl sites for hydroxylation is 2. The molecule has 2 aromatic rings. The molecule has 0 heterocycles. The van der Waals surface area contributed by atoms with Gasteiger partial charge in [0.25, 0.3) is 0 Å². The van der Waals surface area contributed by atoms with E-state index in [9.17, 15) is 9.59 Å². The van der Waals surface area contributed by atoms with E-state index in [1.54, 1.807) is 24.3 Å². The second kappa shape index (κ2) is 6.65. The maximum atomic E-state index is 12.2. The minimum Gasteiger partial charge on any atom is -0.496 e. The zero-order chi connectivity index (χ0) is 16.2. The fourth-order valence-corrected chi connectivity index (χ4v) is 2.85. The van der Waals surface area contributed by atoms with Crippen molar-refractivity contribution in [3.8, 4) is 5.75 Å². The first-order chi connectivity index (χ1) is 11.2. The number of para-hydroxylation sites is 1. The molecular formula is C19H18O4. The molecule has 0 unspecified atom stereocenters. The van der Waals surface area contributed by atoms with E-state index >= 15 is 0 Å². The number of hydrogen-bond acceptors (Lipinski definition) is 4. The highest BCUT2D eigenvalue weighted by molar-refractivity contribution is 6.00. The lowest BCUT2D eigenvalue weighted by Gasteiger charge is -2.08. The van der Waals surface area contributed by atoms with Gasteiger partial charge in [-0.25, -0.2) is 4.79 Å². The molecule has 0 atom stereocenters. The minimum absolute atomic E-state index is 0.192. The van der Waals surface area contributed by atoms with Gasteiger partial charge >= 0.3 is 5.97 Å². The average Bonchev–Trinajstić information content (AvgIpc) is 3.06. The summed E-state index contributed by atoms with van der Waals surface area (Å²) in [5, 5.41) is 0. The van der Waals surface area contributed by atoms with Crippen molar-refractivity contribution in [1.29, 1.82) is 0 Å². The number of carbonyl (C=O) groups excluding carboxylic acids is 2. The van der Waals surface area contributed by atoms with Crippen LogP contribution in [-0.4, -0.2) is 25.5 Å². The average molecular weight is 310 g/mol. The Kier molecular flexibility index (Phi) is 4.42. The van der Waals surface area contributed by atoms with Crippen LogP contribution in [-0.2, 0) is 17.6 Å². The zero-order valence-corrected chi connectivity index (χ0v) is 13.0. The quantitative estimate of drug-likeness (QED) is 0.628. The maximum absolute atomic E-state index is 12.2. The van der Waals surface area contributed by atoms with Crippen LogP contribution in [0.2, 0.25) is 0 Å². The smallest absolute Gasteiger partial charge is 0.342 e. The molecule has 0 radical (unpaired) electrons. The van der Waals surface area contributed by atoms with Crippen LogP contribution in [0.25, 0.3) is 0 Å². The van der Waals surface area contributed by atoms with Gasteiger partial charge in [-0.15, -0.1) is 0 Å². The van der Waals surface area contributed by atoms with Crippen LogP contribution < -0.4 is 4.74 Å². The van der Waals surface area contributed by atoms with E-state index < -0.39 is 5.97 Å². The third kappa shape index (κ3) is 3.26. The molecule has 0 N–H and O–H groups in total. The molecule has 23 heavy (non-hydrogen) atoms. The van der Waals surface area contributed by atoms with Crippen molar-refractivity contribution in [3.63, 3.8) is 0 Å². The maximum Gasteiger partial charge on any atom is 0.342 e. The Bertz CT molecular complexity index is 749. The standard InChI is InChI=1S/C19H18O4/c1-22-18-8-3-2-7-16(18)19(21)23-12-17(20)15-10-9-13-5-4-6-14(13)11-15/h2-3,7-11H,4-6,12H2,1H3. The largest absolute Gasteiger partial charge is 0.496 e. The van der Waals surface area contributed by atoms with Gasteiger partial charge in [0, 0.05) is 5.56 Å².